The maximum Gasteiger partial charge on any atom is 0.316 e. The van der Waals surface area contributed by atoms with Gasteiger partial charge in [0.1, 0.15) is 0 Å². The van der Waals surface area contributed by atoms with Crippen LogP contribution in [0.1, 0.15) is 0 Å². The maximum atomic E-state index is 6.00. The molecule has 0 aromatic carbocycles. The topological polar surface area (TPSA) is 40.5 Å². The van der Waals surface area contributed by atoms with E-state index in [1.807, 2.05) is 0 Å². The molecule has 0 saturated carbocycles. The smallest absolute Gasteiger partial charge is 0.316 e. The maximum absolute atomic E-state index is 6.00. The molecule has 0 aliphatic carbocycles. The van der Waals surface area contributed by atoms with E-state index in [-0.39, 0.29) is 71.9 Å². The third-order valence-corrected chi connectivity index (χ3v) is 0. The van der Waals surface area contributed by atoms with Crippen LogP contribution in [0, 0.1) is 0 Å². The van der Waals surface area contributed by atoms with Crippen molar-refractivity contribution < 1.29 is 10.5 Å². The van der Waals surface area contributed by atoms with E-state index in [0.29, 0.717) is 0 Å². The van der Waals surface area contributed by atoms with Gasteiger partial charge < -0.3 is 0 Å². The normalized spacial score (nSPS) is 1.50. The molecule has 0 heterocycles. The molecule has 4 heteroatoms. The van der Waals surface area contributed by atoms with Crippen molar-refractivity contribution in [1.29, 1.82) is 0 Å². The van der Waals surface area contributed by atoms with Gasteiger partial charge >= 0.3 is 71.9 Å². The molecular weight excluding hydrogens is 194 g/mol. The quantitative estimate of drug-likeness (QED) is 0.274. The molecule has 4 heavy (non-hydrogen) atoms. The molecule has 0 aliphatic heterocycles. The Hall–Kier alpha value is 2.26. The van der Waals surface area contributed by atoms with Gasteiger partial charge in [-0.05, 0) is 0 Å². The molecule has 0 aromatic heterocycles. The van der Waals surface area contributed by atoms with E-state index in [1.165, 1.54) is 0 Å². The van der Waals surface area contributed by atoms with E-state index in [0.717, 1.165) is 0 Å². The van der Waals surface area contributed by atoms with E-state index in [2.05, 4.69) is 0 Å². The van der Waals surface area contributed by atoms with E-state index in [4.69, 9.17) is 10.5 Å². The Kier molecular flexibility index (Phi) is 76.2. The molecule has 0 amide bonds. The molecule has 0 bridgehead atoms. The van der Waals surface area contributed by atoms with Crippen LogP contribution < -0.4 is 0 Å². The van der Waals surface area contributed by atoms with E-state index < -0.39 is 0 Å². The van der Waals surface area contributed by atoms with Gasteiger partial charge in [-0.2, -0.15) is 0 Å². The second kappa shape index (κ2) is 18.7. The van der Waals surface area contributed by atoms with Crippen LogP contribution in [-0.4, -0.2) is 82.4 Å². The van der Waals surface area contributed by atoms with Crippen molar-refractivity contribution in [2.75, 3.05) is 0 Å². The summed E-state index contributed by atoms with van der Waals surface area (Å²) in [6.45, 7) is 0. The molecule has 0 aliphatic rings. The van der Waals surface area contributed by atoms with Crippen molar-refractivity contribution in [2.45, 2.75) is 0 Å². The minimum absolute atomic E-state index is 0. The van der Waals surface area contributed by atoms with E-state index in [1.54, 1.807) is 0 Å². The molecule has 0 saturated heterocycles. The summed E-state index contributed by atoms with van der Waals surface area (Å²) in [5.74, 6) is 0. The van der Waals surface area contributed by atoms with Gasteiger partial charge in [0, 0.05) is 0 Å². The molecule has 0 aromatic rings. The fourth-order valence-corrected chi connectivity index (χ4v) is 0. The molecule has 0 rings (SSSR count). The first-order valence-electron chi connectivity index (χ1n) is 0.200. The first-order chi connectivity index (χ1) is 1.00. The molecule has 2 nitrogen and oxygen atoms in total. The van der Waals surface area contributed by atoms with Crippen LogP contribution in [0.3, 0.4) is 0 Å². The van der Waals surface area contributed by atoms with Gasteiger partial charge in [0.15, 0.2) is 0 Å². The summed E-state index contributed by atoms with van der Waals surface area (Å²) in [5.41, 5.74) is 0. The SMILES string of the molecule is OO.[BaH2].[MgH2]. The van der Waals surface area contributed by atoms with Gasteiger partial charge in [-0.1, -0.05) is 0 Å². The second-order valence-corrected chi connectivity index (χ2v) is 0. The van der Waals surface area contributed by atoms with E-state index >= 15 is 0 Å². The van der Waals surface area contributed by atoms with Crippen LogP contribution >= 0.6 is 0 Å². The van der Waals surface area contributed by atoms with Crippen molar-refractivity contribution in [3.8, 4) is 0 Å². The molecule has 0 atom stereocenters. The van der Waals surface area contributed by atoms with Crippen LogP contribution in [0.15, 0.2) is 0 Å². The van der Waals surface area contributed by atoms with Gasteiger partial charge in [-0.15, -0.1) is 0 Å². The second-order valence-electron chi connectivity index (χ2n) is 0. The van der Waals surface area contributed by atoms with Crippen molar-refractivity contribution in [3.63, 3.8) is 0 Å². The summed E-state index contributed by atoms with van der Waals surface area (Å²) in [6.07, 6.45) is 0. The predicted molar refractivity (Wildman–Crippen MR) is 22.3 cm³/mol. The summed E-state index contributed by atoms with van der Waals surface area (Å²) in [5, 5.41) is 12.0. The standard InChI is InChI=1S/Ba.Mg.H2O2.4H/c;;1-2;;;;/h;;1-2H;;;;. The van der Waals surface area contributed by atoms with Crippen LogP contribution in [0.5, 0.6) is 0 Å². The molecule has 0 unspecified atom stereocenters. The fourth-order valence-electron chi connectivity index (χ4n) is 0. The summed E-state index contributed by atoms with van der Waals surface area (Å²) in [7, 11) is 0. The Balaban J connectivity index is -0.00000000500. The summed E-state index contributed by atoms with van der Waals surface area (Å²) in [4.78, 5) is 0. The third-order valence-electron chi connectivity index (χ3n) is 0. The van der Waals surface area contributed by atoms with Crippen molar-refractivity contribution in [3.05, 3.63) is 0 Å². The molecule has 2 N–H and O–H groups in total. The Bertz CT molecular complexity index is 6.00. The van der Waals surface area contributed by atoms with Crippen molar-refractivity contribution >= 4 is 71.9 Å². The van der Waals surface area contributed by atoms with Crippen LogP contribution in [0.4, 0.5) is 0 Å². The van der Waals surface area contributed by atoms with Gasteiger partial charge in [-0.3, -0.25) is 10.5 Å². The zero-order valence-corrected chi connectivity index (χ0v) is 0.894. The van der Waals surface area contributed by atoms with Crippen molar-refractivity contribution in [2.24, 2.45) is 0 Å². The van der Waals surface area contributed by atoms with Gasteiger partial charge in [0.05, 0.1) is 0 Å². The molecular formula is H6BaMgO2. The number of rotatable bonds is 0. The summed E-state index contributed by atoms with van der Waals surface area (Å²) >= 11 is 0. The minimum atomic E-state index is 0. The monoisotopic (exact) mass is 200 g/mol. The van der Waals surface area contributed by atoms with E-state index in [9.17, 15) is 0 Å². The number of hydrogen-bond acceptors (Lipinski definition) is 2. The van der Waals surface area contributed by atoms with Gasteiger partial charge in [-0.25, -0.2) is 0 Å². The first-order valence-corrected chi connectivity index (χ1v) is 0.200. The molecule has 22 valence electrons. The van der Waals surface area contributed by atoms with Crippen molar-refractivity contribution in [1.82, 2.24) is 0 Å². The van der Waals surface area contributed by atoms with Gasteiger partial charge in [0.2, 0.25) is 0 Å². The third kappa shape index (κ3) is 8.86. The predicted octanol–water partition coefficient (Wildman–Crippen LogP) is -1.82. The number of hydrogen-bond donors (Lipinski definition) is 2. The van der Waals surface area contributed by atoms with Crippen LogP contribution in [0.25, 0.3) is 0 Å². The Labute approximate surface area is 80.7 Å². The average molecular weight is 200 g/mol. The average Bonchev–Trinajstić information content (AvgIpc) is 1.00. The first kappa shape index (κ1) is 16.3. The van der Waals surface area contributed by atoms with Crippen LogP contribution in [-0.2, 0) is 0 Å². The molecule has 0 fully saturated rings. The molecule has 0 radical (unpaired) electrons. The Morgan fingerprint density at radius 1 is 1.00 bits per heavy atom. The minimum Gasteiger partial charge on any atom is 0.316 e. The summed E-state index contributed by atoms with van der Waals surface area (Å²) in [6, 6.07) is 0. The zero-order valence-electron chi connectivity index (χ0n) is 0.894. The van der Waals surface area contributed by atoms with Gasteiger partial charge in [0.25, 0.3) is 0 Å². The molecule has 0 spiro atoms. The fraction of sp³-hybridized carbons (Fsp3) is 0. The largest absolute Gasteiger partial charge is 0.316 e. The Morgan fingerprint density at radius 3 is 1.00 bits per heavy atom. The summed E-state index contributed by atoms with van der Waals surface area (Å²) < 4.78 is 0. The zero-order chi connectivity index (χ0) is 2.00. The van der Waals surface area contributed by atoms with Crippen LogP contribution in [0.2, 0.25) is 0 Å². The Morgan fingerprint density at radius 2 is 1.00 bits per heavy atom.